The van der Waals surface area contributed by atoms with Crippen LogP contribution < -0.4 is 19.1 Å². The van der Waals surface area contributed by atoms with Crippen molar-refractivity contribution in [2.24, 2.45) is 0 Å². The number of benzene rings is 3. The van der Waals surface area contributed by atoms with Gasteiger partial charge in [-0.1, -0.05) is 35.0 Å². The highest BCUT2D eigenvalue weighted by molar-refractivity contribution is 9.10. The lowest BCUT2D eigenvalue weighted by Crippen LogP contribution is -2.52. The Morgan fingerprint density at radius 2 is 1.50 bits per heavy atom. The van der Waals surface area contributed by atoms with E-state index in [1.54, 1.807) is 74.7 Å². The minimum Gasteiger partial charge on any atom is -0.497 e. The molecule has 226 valence electrons. The molecular formula is C31H38BrN3O6S. The number of hydrogen-bond donors (Lipinski definition) is 1. The van der Waals surface area contributed by atoms with E-state index >= 15 is 0 Å². The standard InChI is InChI=1S/C31H38BrN3O6S/c1-6-22(3)33-31(37)23(4)34(20-24-8-14-27(40-5)15-9-24)30(36)21-35(26-12-16-28(17-13-26)41-7-2)42(38,39)29-18-10-25(32)11-19-29/h8-19,22-23H,6-7,20-21H2,1-5H3,(H,33,37). The smallest absolute Gasteiger partial charge is 0.264 e. The van der Waals surface area contributed by atoms with Gasteiger partial charge >= 0.3 is 0 Å². The number of nitrogens with one attached hydrogen (secondary N) is 1. The van der Waals surface area contributed by atoms with E-state index in [1.165, 1.54) is 17.0 Å². The van der Waals surface area contributed by atoms with Gasteiger partial charge in [0.1, 0.15) is 24.1 Å². The molecule has 42 heavy (non-hydrogen) atoms. The predicted molar refractivity (Wildman–Crippen MR) is 167 cm³/mol. The normalized spacial score (nSPS) is 12.6. The zero-order valence-corrected chi connectivity index (χ0v) is 26.9. The third-order valence-corrected chi connectivity index (χ3v) is 9.11. The molecule has 9 nitrogen and oxygen atoms in total. The van der Waals surface area contributed by atoms with Crippen molar-refractivity contribution in [2.75, 3.05) is 24.6 Å². The summed E-state index contributed by atoms with van der Waals surface area (Å²) in [5.41, 5.74) is 1.05. The summed E-state index contributed by atoms with van der Waals surface area (Å²) in [6, 6.07) is 18.9. The van der Waals surface area contributed by atoms with Crippen molar-refractivity contribution in [1.82, 2.24) is 10.2 Å². The van der Waals surface area contributed by atoms with Crippen LogP contribution in [0.5, 0.6) is 11.5 Å². The molecule has 2 unspecified atom stereocenters. The first-order valence-electron chi connectivity index (χ1n) is 13.7. The van der Waals surface area contributed by atoms with E-state index in [1.807, 2.05) is 20.8 Å². The Hall–Kier alpha value is -3.57. The number of ether oxygens (including phenoxy) is 2. The van der Waals surface area contributed by atoms with Gasteiger partial charge in [-0.15, -0.1) is 0 Å². The quantitative estimate of drug-likeness (QED) is 0.249. The van der Waals surface area contributed by atoms with Gasteiger partial charge in [-0.05, 0) is 93.4 Å². The molecule has 3 aromatic carbocycles. The van der Waals surface area contributed by atoms with Crippen LogP contribution in [-0.4, -0.2) is 57.5 Å². The minimum absolute atomic E-state index is 0.0247. The topological polar surface area (TPSA) is 105 Å². The van der Waals surface area contributed by atoms with Crippen LogP contribution >= 0.6 is 15.9 Å². The molecule has 0 saturated heterocycles. The Kier molecular flexibility index (Phi) is 11.8. The molecule has 11 heteroatoms. The Balaban J connectivity index is 2.02. The lowest BCUT2D eigenvalue weighted by molar-refractivity contribution is -0.139. The van der Waals surface area contributed by atoms with Gasteiger partial charge in [0.25, 0.3) is 10.0 Å². The van der Waals surface area contributed by atoms with E-state index in [0.29, 0.717) is 18.1 Å². The van der Waals surface area contributed by atoms with Gasteiger partial charge in [-0.2, -0.15) is 0 Å². The molecule has 0 aliphatic rings. The van der Waals surface area contributed by atoms with Gasteiger partial charge in [-0.25, -0.2) is 8.42 Å². The Morgan fingerprint density at radius 1 is 0.905 bits per heavy atom. The summed E-state index contributed by atoms with van der Waals surface area (Å²) in [6.45, 7) is 7.36. The Labute approximate surface area is 257 Å². The van der Waals surface area contributed by atoms with Crippen molar-refractivity contribution in [3.8, 4) is 11.5 Å². The van der Waals surface area contributed by atoms with Crippen molar-refractivity contribution in [3.05, 3.63) is 82.8 Å². The number of sulfonamides is 1. The molecule has 1 N–H and O–H groups in total. The van der Waals surface area contributed by atoms with Crippen molar-refractivity contribution in [3.63, 3.8) is 0 Å². The molecule has 0 bridgehead atoms. The second kappa shape index (κ2) is 15.1. The van der Waals surface area contributed by atoms with Crippen LogP contribution in [0.15, 0.2) is 82.2 Å². The lowest BCUT2D eigenvalue weighted by atomic mass is 10.1. The van der Waals surface area contributed by atoms with Crippen molar-refractivity contribution < 1.29 is 27.5 Å². The van der Waals surface area contributed by atoms with E-state index in [2.05, 4.69) is 21.2 Å². The van der Waals surface area contributed by atoms with Gasteiger partial charge in [-0.3, -0.25) is 13.9 Å². The van der Waals surface area contributed by atoms with Crippen LogP contribution in [0.2, 0.25) is 0 Å². The summed E-state index contributed by atoms with van der Waals surface area (Å²) in [6.07, 6.45) is 0.724. The number of carbonyl (C=O) groups excluding carboxylic acids is 2. The van der Waals surface area contributed by atoms with Gasteiger partial charge in [0.15, 0.2) is 0 Å². The fourth-order valence-corrected chi connectivity index (χ4v) is 5.79. The first-order valence-corrected chi connectivity index (χ1v) is 16.0. The number of halogens is 1. The number of rotatable bonds is 14. The maximum absolute atomic E-state index is 14.0. The van der Waals surface area contributed by atoms with Crippen LogP contribution in [0.1, 0.15) is 39.7 Å². The monoisotopic (exact) mass is 659 g/mol. The van der Waals surface area contributed by atoms with Gasteiger partial charge in [0, 0.05) is 17.1 Å². The third-order valence-electron chi connectivity index (χ3n) is 6.80. The SMILES string of the molecule is CCOc1ccc(N(CC(=O)N(Cc2ccc(OC)cc2)C(C)C(=O)NC(C)CC)S(=O)(=O)c2ccc(Br)cc2)cc1. The van der Waals surface area contributed by atoms with Crippen LogP contribution in [0.25, 0.3) is 0 Å². The summed E-state index contributed by atoms with van der Waals surface area (Å²) in [5, 5.41) is 2.93. The van der Waals surface area contributed by atoms with E-state index in [0.717, 1.165) is 20.8 Å². The van der Waals surface area contributed by atoms with Crippen LogP contribution in [-0.2, 0) is 26.2 Å². The van der Waals surface area contributed by atoms with Gasteiger partial charge in [0.05, 0.1) is 24.3 Å². The number of methoxy groups -OCH3 is 1. The highest BCUT2D eigenvalue weighted by atomic mass is 79.9. The maximum atomic E-state index is 14.0. The fraction of sp³-hybridized carbons (Fsp3) is 0.355. The van der Waals surface area contributed by atoms with Gasteiger partial charge < -0.3 is 19.7 Å². The minimum atomic E-state index is -4.17. The molecule has 3 aromatic rings. The molecule has 3 rings (SSSR count). The molecule has 0 aromatic heterocycles. The molecule has 0 spiro atoms. The fourth-order valence-electron chi connectivity index (χ4n) is 4.11. The molecular weight excluding hydrogens is 622 g/mol. The van der Waals surface area contributed by atoms with E-state index in [9.17, 15) is 18.0 Å². The van der Waals surface area contributed by atoms with Crippen molar-refractivity contribution >= 4 is 43.5 Å². The molecule has 2 atom stereocenters. The molecule has 0 radical (unpaired) electrons. The summed E-state index contributed by atoms with van der Waals surface area (Å²) in [7, 11) is -2.61. The van der Waals surface area contributed by atoms with Crippen LogP contribution in [0.3, 0.4) is 0 Å². The van der Waals surface area contributed by atoms with E-state index in [4.69, 9.17) is 9.47 Å². The highest BCUT2D eigenvalue weighted by Crippen LogP contribution is 2.27. The number of nitrogens with zero attached hydrogens (tertiary/aromatic N) is 2. The zero-order valence-electron chi connectivity index (χ0n) is 24.5. The highest BCUT2D eigenvalue weighted by Gasteiger charge is 2.32. The summed E-state index contributed by atoms with van der Waals surface area (Å²) in [5.74, 6) is 0.369. The molecule has 0 fully saturated rings. The molecule has 0 heterocycles. The third kappa shape index (κ3) is 8.48. The Bertz CT molecular complexity index is 1430. The van der Waals surface area contributed by atoms with Gasteiger partial charge in [0.2, 0.25) is 11.8 Å². The average Bonchev–Trinajstić information content (AvgIpc) is 2.99. The van der Waals surface area contributed by atoms with Crippen LogP contribution in [0.4, 0.5) is 5.69 Å². The summed E-state index contributed by atoms with van der Waals surface area (Å²) >= 11 is 3.34. The van der Waals surface area contributed by atoms with E-state index < -0.39 is 28.5 Å². The van der Waals surface area contributed by atoms with E-state index in [-0.39, 0.29) is 29.1 Å². The first kappa shape index (κ1) is 32.9. The molecule has 0 aliphatic carbocycles. The summed E-state index contributed by atoms with van der Waals surface area (Å²) in [4.78, 5) is 28.6. The number of anilines is 1. The predicted octanol–water partition coefficient (Wildman–Crippen LogP) is 5.38. The molecule has 2 amide bonds. The van der Waals surface area contributed by atoms with Crippen molar-refractivity contribution in [1.29, 1.82) is 0 Å². The average molecular weight is 661 g/mol. The molecule has 0 aliphatic heterocycles. The lowest BCUT2D eigenvalue weighted by Gasteiger charge is -2.32. The zero-order chi connectivity index (χ0) is 30.9. The second-order valence-electron chi connectivity index (χ2n) is 9.76. The number of amides is 2. The van der Waals surface area contributed by atoms with Crippen LogP contribution in [0, 0.1) is 0 Å². The number of carbonyl (C=O) groups is 2. The maximum Gasteiger partial charge on any atom is 0.264 e. The molecule has 0 saturated carbocycles. The Morgan fingerprint density at radius 3 is 2.05 bits per heavy atom. The summed E-state index contributed by atoms with van der Waals surface area (Å²) < 4.78 is 40.4. The second-order valence-corrected chi connectivity index (χ2v) is 12.5. The van der Waals surface area contributed by atoms with Crippen molar-refractivity contribution in [2.45, 2.75) is 57.6 Å². The largest absolute Gasteiger partial charge is 0.497 e. The first-order chi connectivity index (χ1) is 20.0. The number of hydrogen-bond acceptors (Lipinski definition) is 6.